The van der Waals surface area contributed by atoms with E-state index in [2.05, 4.69) is 22.1 Å². The molecular weight excluding hydrogens is 300 g/mol. The molecule has 2 fully saturated rings. The van der Waals surface area contributed by atoms with Crippen molar-refractivity contribution in [3.05, 3.63) is 5.82 Å². The summed E-state index contributed by atoms with van der Waals surface area (Å²) in [5, 5.41) is 7.76. The van der Waals surface area contributed by atoms with Gasteiger partial charge in [-0.1, -0.05) is 31.5 Å². The number of aromatic amines is 1. The number of nitrogens with zero attached hydrogens (tertiary/aromatic N) is 3. The van der Waals surface area contributed by atoms with Gasteiger partial charge in [-0.05, 0) is 19.3 Å². The van der Waals surface area contributed by atoms with Crippen molar-refractivity contribution in [2.24, 2.45) is 0 Å². The van der Waals surface area contributed by atoms with E-state index in [4.69, 9.17) is 4.74 Å². The highest BCUT2D eigenvalue weighted by molar-refractivity contribution is 7.99. The first-order chi connectivity index (χ1) is 10.8. The van der Waals surface area contributed by atoms with Crippen LogP contribution in [0.2, 0.25) is 0 Å². The first-order valence-corrected chi connectivity index (χ1v) is 9.21. The molecule has 1 saturated heterocycles. The molecule has 1 amide bonds. The molecular formula is C15H24N4O2S. The fourth-order valence-corrected chi connectivity index (χ4v) is 4.01. The van der Waals surface area contributed by atoms with E-state index in [9.17, 15) is 4.79 Å². The number of thioether (sulfide) groups is 1. The maximum Gasteiger partial charge on any atom is 0.233 e. The minimum Gasteiger partial charge on any atom is -0.374 e. The number of carbonyl (C=O) groups is 1. The second-order valence-corrected chi connectivity index (χ2v) is 6.89. The van der Waals surface area contributed by atoms with Crippen molar-refractivity contribution in [2.45, 2.75) is 62.8 Å². The molecule has 22 heavy (non-hydrogen) atoms. The monoisotopic (exact) mass is 324 g/mol. The predicted octanol–water partition coefficient (Wildman–Crippen LogP) is 2.02. The molecule has 1 aromatic heterocycles. The summed E-state index contributed by atoms with van der Waals surface area (Å²) in [6.45, 7) is 3.49. The number of carbonyl (C=O) groups excluding carboxylic acids is 1. The predicted molar refractivity (Wildman–Crippen MR) is 84.8 cm³/mol. The summed E-state index contributed by atoms with van der Waals surface area (Å²) < 4.78 is 5.82. The Labute approximate surface area is 135 Å². The summed E-state index contributed by atoms with van der Waals surface area (Å²) in [6.07, 6.45) is 6.75. The van der Waals surface area contributed by atoms with E-state index < -0.39 is 0 Å². The number of hydrogen-bond donors (Lipinski definition) is 1. The fraction of sp³-hybridized carbons (Fsp3) is 0.800. The quantitative estimate of drug-likeness (QED) is 0.839. The highest BCUT2D eigenvalue weighted by Gasteiger charge is 2.36. The van der Waals surface area contributed by atoms with Crippen LogP contribution in [0.1, 0.15) is 44.9 Å². The maximum atomic E-state index is 12.5. The molecule has 1 aliphatic heterocycles. The normalized spacial score (nSPS) is 25.0. The van der Waals surface area contributed by atoms with Crippen LogP contribution in [-0.4, -0.2) is 57.0 Å². The second-order valence-electron chi connectivity index (χ2n) is 5.95. The number of rotatable bonds is 5. The molecule has 0 spiro atoms. The van der Waals surface area contributed by atoms with Crippen molar-refractivity contribution in [2.75, 3.05) is 18.9 Å². The van der Waals surface area contributed by atoms with Gasteiger partial charge in [-0.2, -0.15) is 0 Å². The van der Waals surface area contributed by atoms with Gasteiger partial charge < -0.3 is 9.64 Å². The lowest BCUT2D eigenvalue weighted by Crippen LogP contribution is -2.55. The summed E-state index contributed by atoms with van der Waals surface area (Å²) in [5.74, 6) is 1.50. The number of morpholine rings is 1. The minimum absolute atomic E-state index is 0.187. The molecule has 1 aliphatic carbocycles. The zero-order valence-corrected chi connectivity index (χ0v) is 13.9. The Hall–Kier alpha value is -1.08. The lowest BCUT2D eigenvalue weighted by Gasteiger charge is -2.43. The van der Waals surface area contributed by atoms with Crippen molar-refractivity contribution >= 4 is 17.7 Å². The molecule has 3 rings (SSSR count). The van der Waals surface area contributed by atoms with Gasteiger partial charge in [0, 0.05) is 13.0 Å². The van der Waals surface area contributed by atoms with Crippen LogP contribution in [0, 0.1) is 0 Å². The second kappa shape index (κ2) is 7.46. The molecule has 2 atom stereocenters. The lowest BCUT2D eigenvalue weighted by atomic mass is 9.90. The van der Waals surface area contributed by atoms with E-state index in [0.29, 0.717) is 17.5 Å². The molecule has 0 aromatic carbocycles. The zero-order valence-electron chi connectivity index (χ0n) is 13.1. The topological polar surface area (TPSA) is 71.1 Å². The first kappa shape index (κ1) is 15.8. The van der Waals surface area contributed by atoms with Gasteiger partial charge in [0.15, 0.2) is 0 Å². The highest BCUT2D eigenvalue weighted by atomic mass is 32.2. The molecule has 2 heterocycles. The molecule has 0 unspecified atom stereocenters. The van der Waals surface area contributed by atoms with Gasteiger partial charge in [0.05, 0.1) is 24.5 Å². The van der Waals surface area contributed by atoms with Gasteiger partial charge in [-0.25, -0.2) is 4.98 Å². The third kappa shape index (κ3) is 3.63. The van der Waals surface area contributed by atoms with Crippen molar-refractivity contribution in [3.8, 4) is 0 Å². The number of aromatic nitrogens is 3. The number of ether oxygens (including phenoxy) is 1. The van der Waals surface area contributed by atoms with Crippen molar-refractivity contribution in [3.63, 3.8) is 0 Å². The van der Waals surface area contributed by atoms with Crippen LogP contribution >= 0.6 is 11.8 Å². The lowest BCUT2D eigenvalue weighted by molar-refractivity contribution is -0.146. The Morgan fingerprint density at radius 3 is 3.18 bits per heavy atom. The smallest absolute Gasteiger partial charge is 0.233 e. The minimum atomic E-state index is 0.187. The van der Waals surface area contributed by atoms with E-state index in [0.717, 1.165) is 38.1 Å². The van der Waals surface area contributed by atoms with Crippen LogP contribution in [0.3, 0.4) is 0 Å². The summed E-state index contributed by atoms with van der Waals surface area (Å²) >= 11 is 1.42. The molecule has 122 valence electrons. The molecule has 6 nitrogen and oxygen atoms in total. The van der Waals surface area contributed by atoms with E-state index >= 15 is 0 Å². The van der Waals surface area contributed by atoms with Gasteiger partial charge in [0.2, 0.25) is 11.1 Å². The van der Waals surface area contributed by atoms with E-state index in [1.807, 2.05) is 4.90 Å². The Bertz CT molecular complexity index is 505. The van der Waals surface area contributed by atoms with Crippen LogP contribution in [-0.2, 0) is 16.0 Å². The van der Waals surface area contributed by atoms with Crippen LogP contribution in [0.15, 0.2) is 5.16 Å². The van der Waals surface area contributed by atoms with Crippen LogP contribution in [0.5, 0.6) is 0 Å². The summed E-state index contributed by atoms with van der Waals surface area (Å²) in [6, 6.07) is 0.276. The van der Waals surface area contributed by atoms with Crippen LogP contribution in [0.4, 0.5) is 0 Å². The van der Waals surface area contributed by atoms with E-state index in [1.165, 1.54) is 24.6 Å². The molecule has 7 heteroatoms. The number of amides is 1. The van der Waals surface area contributed by atoms with Crippen LogP contribution < -0.4 is 0 Å². The first-order valence-electron chi connectivity index (χ1n) is 8.23. The molecule has 0 radical (unpaired) electrons. The third-order valence-electron chi connectivity index (χ3n) is 4.38. The SMILES string of the molecule is CCCc1nc(SCC(=O)N2CCO[C@H]3CCCC[C@H]32)n[nH]1. The Morgan fingerprint density at radius 2 is 2.32 bits per heavy atom. The van der Waals surface area contributed by atoms with Gasteiger partial charge in [0.1, 0.15) is 5.82 Å². The largest absolute Gasteiger partial charge is 0.374 e. The summed E-state index contributed by atoms with van der Waals surface area (Å²) in [4.78, 5) is 19.0. The molecule has 1 N–H and O–H groups in total. The Balaban J connectivity index is 1.54. The van der Waals surface area contributed by atoms with Gasteiger partial charge in [0.25, 0.3) is 0 Å². The molecule has 0 bridgehead atoms. The number of nitrogens with one attached hydrogen (secondary N) is 1. The number of fused-ring (bicyclic) bond motifs is 1. The van der Waals surface area contributed by atoms with Crippen molar-refractivity contribution in [1.29, 1.82) is 0 Å². The Morgan fingerprint density at radius 1 is 1.45 bits per heavy atom. The zero-order chi connectivity index (χ0) is 15.4. The summed E-state index contributed by atoms with van der Waals surface area (Å²) in [5.41, 5.74) is 0. The number of aryl methyl sites for hydroxylation is 1. The number of H-pyrrole nitrogens is 1. The fourth-order valence-electron chi connectivity index (χ4n) is 3.31. The van der Waals surface area contributed by atoms with Gasteiger partial charge in [-0.15, -0.1) is 5.10 Å². The molecule has 2 aliphatic rings. The van der Waals surface area contributed by atoms with E-state index in [1.54, 1.807) is 0 Å². The Kier molecular flexibility index (Phi) is 5.36. The standard InChI is InChI=1S/C15H24N4O2S/c1-2-5-13-16-15(18-17-13)22-10-14(20)19-8-9-21-12-7-4-3-6-11(12)19/h11-12H,2-10H2,1H3,(H,16,17,18)/t11-,12+/m1/s1. The van der Waals surface area contributed by atoms with Crippen molar-refractivity contribution in [1.82, 2.24) is 20.1 Å². The average Bonchev–Trinajstić information content (AvgIpc) is 3.00. The average molecular weight is 324 g/mol. The highest BCUT2D eigenvalue weighted by Crippen LogP contribution is 2.29. The molecule has 1 aromatic rings. The summed E-state index contributed by atoms with van der Waals surface area (Å²) in [7, 11) is 0. The molecule has 1 saturated carbocycles. The van der Waals surface area contributed by atoms with Gasteiger partial charge in [-0.3, -0.25) is 9.89 Å². The number of hydrogen-bond acceptors (Lipinski definition) is 5. The van der Waals surface area contributed by atoms with Crippen molar-refractivity contribution < 1.29 is 9.53 Å². The van der Waals surface area contributed by atoms with Gasteiger partial charge >= 0.3 is 0 Å². The maximum absolute atomic E-state index is 12.5. The van der Waals surface area contributed by atoms with Crippen LogP contribution in [0.25, 0.3) is 0 Å². The third-order valence-corrected chi connectivity index (χ3v) is 5.21. The van der Waals surface area contributed by atoms with E-state index in [-0.39, 0.29) is 18.1 Å².